The summed E-state index contributed by atoms with van der Waals surface area (Å²) < 4.78 is 5.86. The molecule has 2 rings (SSSR count). The molecule has 0 unspecified atom stereocenters. The molecule has 1 nitrogen and oxygen atoms in total. The fourth-order valence-electron chi connectivity index (χ4n) is 2.14. The van der Waals surface area contributed by atoms with Crippen molar-refractivity contribution in [3.63, 3.8) is 0 Å². The van der Waals surface area contributed by atoms with Gasteiger partial charge in [-0.3, -0.25) is 0 Å². The van der Waals surface area contributed by atoms with E-state index in [1.54, 1.807) is 0 Å². The highest BCUT2D eigenvalue weighted by Gasteiger charge is 2.15. The summed E-state index contributed by atoms with van der Waals surface area (Å²) in [5.74, 6) is 1.64. The fourth-order valence-corrected chi connectivity index (χ4v) is 2.14. The van der Waals surface area contributed by atoms with Crippen LogP contribution in [0.3, 0.4) is 0 Å². The van der Waals surface area contributed by atoms with Gasteiger partial charge < -0.3 is 4.74 Å². The molecule has 1 aliphatic rings. The number of unbranched alkanes of at least 4 members (excludes halogenated alkanes) is 1. The molecule has 0 heterocycles. The molecule has 0 N–H and O–H groups in total. The minimum Gasteiger partial charge on any atom is -0.493 e. The predicted octanol–water partition coefficient (Wildman–Crippen LogP) is 4.30. The average Bonchev–Trinajstić information content (AvgIpc) is 2.83. The van der Waals surface area contributed by atoms with E-state index in [0.29, 0.717) is 5.92 Å². The Bertz CT molecular complexity index is 354. The van der Waals surface area contributed by atoms with Crippen molar-refractivity contribution in [2.24, 2.45) is 0 Å². The van der Waals surface area contributed by atoms with E-state index >= 15 is 0 Å². The Morgan fingerprint density at radius 1 is 1.31 bits per heavy atom. The Hall–Kier alpha value is -1.24. The highest BCUT2D eigenvalue weighted by molar-refractivity contribution is 5.39. The summed E-state index contributed by atoms with van der Waals surface area (Å²) in [6.07, 6.45) is 9.33. The lowest BCUT2D eigenvalue weighted by molar-refractivity contribution is 0.305. The van der Waals surface area contributed by atoms with Crippen molar-refractivity contribution in [2.75, 3.05) is 6.61 Å². The van der Waals surface area contributed by atoms with E-state index < -0.39 is 0 Å². The summed E-state index contributed by atoms with van der Waals surface area (Å²) in [5.41, 5.74) is 1.35. The summed E-state index contributed by atoms with van der Waals surface area (Å²) in [7, 11) is 0. The SMILES string of the molecule is CCCCOc1ccccc1[C@@H]1C=CCC1. The smallest absolute Gasteiger partial charge is 0.123 e. The predicted molar refractivity (Wildman–Crippen MR) is 68.0 cm³/mol. The van der Waals surface area contributed by atoms with Crippen LogP contribution in [0.15, 0.2) is 36.4 Å². The number of hydrogen-bond donors (Lipinski definition) is 0. The molecule has 0 bridgehead atoms. The number of hydrogen-bond acceptors (Lipinski definition) is 1. The first-order valence-electron chi connectivity index (χ1n) is 6.30. The van der Waals surface area contributed by atoms with Crippen LogP contribution in [-0.4, -0.2) is 6.61 Å². The molecule has 0 spiro atoms. The zero-order valence-electron chi connectivity index (χ0n) is 9.99. The van der Waals surface area contributed by atoms with E-state index in [0.717, 1.165) is 18.8 Å². The van der Waals surface area contributed by atoms with Gasteiger partial charge >= 0.3 is 0 Å². The largest absolute Gasteiger partial charge is 0.493 e. The maximum Gasteiger partial charge on any atom is 0.123 e. The molecule has 1 heteroatoms. The van der Waals surface area contributed by atoms with Crippen molar-refractivity contribution in [1.29, 1.82) is 0 Å². The van der Waals surface area contributed by atoms with Crippen molar-refractivity contribution in [3.8, 4) is 5.75 Å². The highest BCUT2D eigenvalue weighted by atomic mass is 16.5. The molecule has 0 saturated heterocycles. The first-order chi connectivity index (χ1) is 7.92. The maximum absolute atomic E-state index is 5.86. The molecule has 0 aromatic heterocycles. The van der Waals surface area contributed by atoms with Gasteiger partial charge in [-0.2, -0.15) is 0 Å². The third kappa shape index (κ3) is 2.66. The van der Waals surface area contributed by atoms with Gasteiger partial charge in [0, 0.05) is 11.5 Å². The lowest BCUT2D eigenvalue weighted by Crippen LogP contribution is -2.01. The molecule has 0 amide bonds. The molecule has 0 radical (unpaired) electrons. The van der Waals surface area contributed by atoms with Gasteiger partial charge in [0.25, 0.3) is 0 Å². The molecule has 0 fully saturated rings. The fraction of sp³-hybridized carbons (Fsp3) is 0.467. The van der Waals surface area contributed by atoms with E-state index in [9.17, 15) is 0 Å². The van der Waals surface area contributed by atoms with Gasteiger partial charge in [0.05, 0.1) is 6.61 Å². The molecule has 86 valence electrons. The normalized spacial score (nSPS) is 18.9. The summed E-state index contributed by atoms with van der Waals surface area (Å²) in [4.78, 5) is 0. The minimum absolute atomic E-state index is 0.567. The van der Waals surface area contributed by atoms with Gasteiger partial charge in [-0.05, 0) is 25.3 Å². The van der Waals surface area contributed by atoms with Crippen molar-refractivity contribution in [2.45, 2.75) is 38.5 Å². The van der Waals surface area contributed by atoms with Crippen molar-refractivity contribution in [1.82, 2.24) is 0 Å². The first kappa shape index (κ1) is 11.3. The van der Waals surface area contributed by atoms with Gasteiger partial charge in [-0.15, -0.1) is 0 Å². The molecular weight excluding hydrogens is 196 g/mol. The molecule has 1 atom stereocenters. The highest BCUT2D eigenvalue weighted by Crippen LogP contribution is 2.34. The van der Waals surface area contributed by atoms with Gasteiger partial charge in [-0.1, -0.05) is 43.7 Å². The monoisotopic (exact) mass is 216 g/mol. The van der Waals surface area contributed by atoms with Crippen LogP contribution in [-0.2, 0) is 0 Å². The molecule has 1 aliphatic carbocycles. The summed E-state index contributed by atoms with van der Waals surface area (Å²) in [5, 5.41) is 0. The Morgan fingerprint density at radius 2 is 2.19 bits per heavy atom. The first-order valence-corrected chi connectivity index (χ1v) is 6.30. The van der Waals surface area contributed by atoms with Crippen LogP contribution >= 0.6 is 0 Å². The second kappa shape index (κ2) is 5.74. The van der Waals surface area contributed by atoms with E-state index in [1.165, 1.54) is 24.8 Å². The molecule has 1 aromatic carbocycles. The topological polar surface area (TPSA) is 9.23 Å². The van der Waals surface area contributed by atoms with Crippen LogP contribution in [0.2, 0.25) is 0 Å². The van der Waals surface area contributed by atoms with Gasteiger partial charge in [0.1, 0.15) is 5.75 Å². The summed E-state index contributed by atoms with van der Waals surface area (Å²) >= 11 is 0. The van der Waals surface area contributed by atoms with Crippen LogP contribution < -0.4 is 4.74 Å². The Kier molecular flexibility index (Phi) is 4.03. The van der Waals surface area contributed by atoms with Crippen LogP contribution in [0.4, 0.5) is 0 Å². The number of benzene rings is 1. The zero-order chi connectivity index (χ0) is 11.2. The van der Waals surface area contributed by atoms with Crippen molar-refractivity contribution in [3.05, 3.63) is 42.0 Å². The van der Waals surface area contributed by atoms with Crippen LogP contribution in [0, 0.1) is 0 Å². The van der Waals surface area contributed by atoms with Gasteiger partial charge in [0.2, 0.25) is 0 Å². The van der Waals surface area contributed by atoms with Crippen LogP contribution in [0.1, 0.15) is 44.1 Å². The third-order valence-corrected chi connectivity index (χ3v) is 3.09. The average molecular weight is 216 g/mol. The van der Waals surface area contributed by atoms with E-state index in [1.807, 2.05) is 0 Å². The lowest BCUT2D eigenvalue weighted by atomic mass is 9.98. The van der Waals surface area contributed by atoms with Crippen LogP contribution in [0.5, 0.6) is 5.75 Å². The van der Waals surface area contributed by atoms with Gasteiger partial charge in [-0.25, -0.2) is 0 Å². The second-order valence-electron chi connectivity index (χ2n) is 4.35. The van der Waals surface area contributed by atoms with E-state index in [4.69, 9.17) is 4.74 Å². The molecule has 0 saturated carbocycles. The third-order valence-electron chi connectivity index (χ3n) is 3.09. The van der Waals surface area contributed by atoms with Crippen molar-refractivity contribution >= 4 is 0 Å². The molecular formula is C15H20O. The number of para-hydroxylation sites is 1. The van der Waals surface area contributed by atoms with E-state index in [2.05, 4.69) is 43.3 Å². The van der Waals surface area contributed by atoms with Crippen LogP contribution in [0.25, 0.3) is 0 Å². The summed E-state index contributed by atoms with van der Waals surface area (Å²) in [6, 6.07) is 8.45. The number of ether oxygens (including phenoxy) is 1. The molecule has 1 aromatic rings. The zero-order valence-corrected chi connectivity index (χ0v) is 9.99. The second-order valence-corrected chi connectivity index (χ2v) is 4.35. The van der Waals surface area contributed by atoms with E-state index in [-0.39, 0.29) is 0 Å². The molecule has 0 aliphatic heterocycles. The lowest BCUT2D eigenvalue weighted by Gasteiger charge is -2.14. The maximum atomic E-state index is 5.86. The van der Waals surface area contributed by atoms with Gasteiger partial charge in [0.15, 0.2) is 0 Å². The Balaban J connectivity index is 2.07. The number of rotatable bonds is 5. The standard InChI is InChI=1S/C15H20O/c1-2-3-12-16-15-11-7-6-10-14(15)13-8-4-5-9-13/h4,6-8,10-11,13H,2-3,5,9,12H2,1H3/t13-/m1/s1. The van der Waals surface area contributed by atoms with Crippen molar-refractivity contribution < 1.29 is 4.74 Å². The Labute approximate surface area is 98.1 Å². The quantitative estimate of drug-likeness (QED) is 0.526. The minimum atomic E-state index is 0.567. The number of allylic oxidation sites excluding steroid dienone is 2. The summed E-state index contributed by atoms with van der Waals surface area (Å²) in [6.45, 7) is 3.03. The molecule has 16 heavy (non-hydrogen) atoms. The Morgan fingerprint density at radius 3 is 2.94 bits per heavy atom.